The zero-order chi connectivity index (χ0) is 15.2. The number of ether oxygens (including phenoxy) is 1. The van der Waals surface area contributed by atoms with Crippen molar-refractivity contribution in [1.29, 1.82) is 0 Å². The van der Waals surface area contributed by atoms with Crippen LogP contribution >= 0.6 is 0 Å². The highest BCUT2D eigenvalue weighted by Gasteiger charge is 2.28. The fraction of sp³-hybridized carbons (Fsp3) is 0.467. The van der Waals surface area contributed by atoms with Crippen LogP contribution in [0.3, 0.4) is 0 Å². The van der Waals surface area contributed by atoms with Crippen molar-refractivity contribution in [3.63, 3.8) is 0 Å². The quantitative estimate of drug-likeness (QED) is 0.659. The number of amides is 1. The maximum Gasteiger partial charge on any atom is 0.304 e. The average Bonchev–Trinajstić information content (AvgIpc) is 2.44. The van der Waals surface area contributed by atoms with Crippen LogP contribution in [0.15, 0.2) is 18.2 Å². The van der Waals surface area contributed by atoms with E-state index in [-0.39, 0.29) is 12.3 Å². The number of hydrogen-bond acceptors (Lipinski definition) is 4. The van der Waals surface area contributed by atoms with Crippen molar-refractivity contribution in [2.75, 3.05) is 18.5 Å². The maximum absolute atomic E-state index is 11.9. The molecule has 0 saturated heterocycles. The number of aliphatic carboxylic acids is 1. The number of fused-ring (bicyclic) bond motifs is 1. The molecule has 2 rings (SSSR count). The summed E-state index contributed by atoms with van der Waals surface area (Å²) in [6, 6.07) is 5.51. The van der Waals surface area contributed by atoms with Gasteiger partial charge in [0.2, 0.25) is 5.91 Å². The lowest BCUT2D eigenvalue weighted by atomic mass is 9.91. The van der Waals surface area contributed by atoms with E-state index in [9.17, 15) is 9.59 Å². The molecular formula is C15H20N2O4. The second-order valence-corrected chi connectivity index (χ2v) is 5.15. The molecule has 0 spiro atoms. The number of rotatable bonds is 7. The normalized spacial score (nSPS) is 17.0. The van der Waals surface area contributed by atoms with E-state index >= 15 is 0 Å². The summed E-state index contributed by atoms with van der Waals surface area (Å²) in [5, 5.41) is 11.6. The highest BCUT2D eigenvalue weighted by molar-refractivity contribution is 5.97. The summed E-state index contributed by atoms with van der Waals surface area (Å²) in [7, 11) is 0. The van der Waals surface area contributed by atoms with Gasteiger partial charge in [-0.2, -0.15) is 0 Å². The summed E-state index contributed by atoms with van der Waals surface area (Å²) in [5.41, 5.74) is 7.06. The molecule has 0 aromatic heterocycles. The Hall–Kier alpha value is -2.08. The largest absolute Gasteiger partial charge is 0.494 e. The van der Waals surface area contributed by atoms with Crippen LogP contribution < -0.4 is 15.8 Å². The molecule has 6 nitrogen and oxygen atoms in total. The minimum Gasteiger partial charge on any atom is -0.494 e. The third-order valence-corrected chi connectivity index (χ3v) is 3.46. The van der Waals surface area contributed by atoms with Gasteiger partial charge in [-0.05, 0) is 37.4 Å². The lowest BCUT2D eigenvalue weighted by Crippen LogP contribution is -2.31. The molecule has 0 saturated carbocycles. The Morgan fingerprint density at radius 3 is 2.95 bits per heavy atom. The first-order valence-electron chi connectivity index (χ1n) is 7.08. The zero-order valence-electron chi connectivity index (χ0n) is 11.8. The number of carboxylic acid groups (broad SMARTS) is 1. The predicted octanol–water partition coefficient (Wildman–Crippen LogP) is 1.39. The molecule has 21 heavy (non-hydrogen) atoms. The fourth-order valence-electron chi connectivity index (χ4n) is 2.34. The number of anilines is 1. The van der Waals surface area contributed by atoms with Gasteiger partial charge in [0.1, 0.15) is 5.75 Å². The molecule has 1 aromatic carbocycles. The lowest BCUT2D eigenvalue weighted by Gasteiger charge is -2.24. The fourth-order valence-corrected chi connectivity index (χ4v) is 2.34. The number of benzene rings is 1. The molecule has 4 N–H and O–H groups in total. The first kappa shape index (κ1) is 15.3. The molecule has 1 unspecified atom stereocenters. The van der Waals surface area contributed by atoms with Crippen molar-refractivity contribution in [3.8, 4) is 5.75 Å². The van der Waals surface area contributed by atoms with E-state index < -0.39 is 11.9 Å². The first-order valence-corrected chi connectivity index (χ1v) is 7.08. The minimum atomic E-state index is -0.960. The SMILES string of the molecule is NCCCCOc1ccc2c(c1)NC(=O)C(CC(=O)O)C2. The summed E-state index contributed by atoms with van der Waals surface area (Å²) in [4.78, 5) is 22.6. The summed E-state index contributed by atoms with van der Waals surface area (Å²) in [6.45, 7) is 1.24. The Bertz CT molecular complexity index is 530. The molecule has 1 aliphatic heterocycles. The van der Waals surface area contributed by atoms with E-state index in [2.05, 4.69) is 5.32 Å². The summed E-state index contributed by atoms with van der Waals surface area (Å²) < 4.78 is 5.60. The molecule has 6 heteroatoms. The highest BCUT2D eigenvalue weighted by atomic mass is 16.5. The van der Waals surface area contributed by atoms with E-state index in [0.717, 1.165) is 18.4 Å². The van der Waals surface area contributed by atoms with Crippen molar-refractivity contribution in [3.05, 3.63) is 23.8 Å². The number of carboxylic acids is 1. The van der Waals surface area contributed by atoms with Crippen LogP contribution in [0.4, 0.5) is 5.69 Å². The van der Waals surface area contributed by atoms with Crippen molar-refractivity contribution in [2.45, 2.75) is 25.7 Å². The average molecular weight is 292 g/mol. The monoisotopic (exact) mass is 292 g/mol. The van der Waals surface area contributed by atoms with Gasteiger partial charge in [0.25, 0.3) is 0 Å². The molecule has 0 aliphatic carbocycles. The maximum atomic E-state index is 11.9. The van der Waals surface area contributed by atoms with Gasteiger partial charge in [-0.1, -0.05) is 6.07 Å². The van der Waals surface area contributed by atoms with Crippen LogP contribution in [-0.2, 0) is 16.0 Å². The molecular weight excluding hydrogens is 272 g/mol. The van der Waals surface area contributed by atoms with Crippen LogP contribution in [0.5, 0.6) is 5.75 Å². The Balaban J connectivity index is 2.00. The van der Waals surface area contributed by atoms with Crippen molar-refractivity contribution < 1.29 is 19.4 Å². The topological polar surface area (TPSA) is 102 Å². The van der Waals surface area contributed by atoms with Crippen molar-refractivity contribution >= 4 is 17.6 Å². The molecule has 0 radical (unpaired) electrons. The van der Waals surface area contributed by atoms with Crippen LogP contribution in [0.2, 0.25) is 0 Å². The van der Waals surface area contributed by atoms with Gasteiger partial charge in [0.05, 0.1) is 18.9 Å². The Morgan fingerprint density at radius 2 is 2.24 bits per heavy atom. The number of hydrogen-bond donors (Lipinski definition) is 3. The summed E-state index contributed by atoms with van der Waals surface area (Å²) >= 11 is 0. The van der Waals surface area contributed by atoms with Crippen LogP contribution in [0.25, 0.3) is 0 Å². The smallest absolute Gasteiger partial charge is 0.304 e. The van der Waals surface area contributed by atoms with Crippen LogP contribution in [0, 0.1) is 5.92 Å². The molecule has 1 heterocycles. The first-order chi connectivity index (χ1) is 10.1. The second kappa shape index (κ2) is 7.08. The molecule has 1 atom stereocenters. The molecule has 0 bridgehead atoms. The van der Waals surface area contributed by atoms with Gasteiger partial charge in [-0.3, -0.25) is 9.59 Å². The van der Waals surface area contributed by atoms with Gasteiger partial charge in [0, 0.05) is 11.8 Å². The number of nitrogens with one attached hydrogen (secondary N) is 1. The highest BCUT2D eigenvalue weighted by Crippen LogP contribution is 2.30. The van der Waals surface area contributed by atoms with Gasteiger partial charge in [-0.25, -0.2) is 0 Å². The van der Waals surface area contributed by atoms with Gasteiger partial charge < -0.3 is 20.9 Å². The van der Waals surface area contributed by atoms with E-state index in [1.165, 1.54) is 0 Å². The Morgan fingerprint density at radius 1 is 1.43 bits per heavy atom. The number of unbranched alkanes of at least 4 members (excludes halogenated alkanes) is 1. The third kappa shape index (κ3) is 4.19. The van der Waals surface area contributed by atoms with Crippen LogP contribution in [-0.4, -0.2) is 30.1 Å². The molecule has 0 fully saturated rings. The molecule has 1 aromatic rings. The van der Waals surface area contributed by atoms with E-state index in [4.69, 9.17) is 15.6 Å². The van der Waals surface area contributed by atoms with Crippen molar-refractivity contribution in [2.24, 2.45) is 11.7 Å². The number of carbonyl (C=O) groups excluding carboxylic acids is 1. The molecule has 114 valence electrons. The zero-order valence-corrected chi connectivity index (χ0v) is 11.8. The number of carbonyl (C=O) groups is 2. The van der Waals surface area contributed by atoms with E-state index in [1.807, 2.05) is 12.1 Å². The Labute approximate surface area is 123 Å². The van der Waals surface area contributed by atoms with Crippen LogP contribution in [0.1, 0.15) is 24.8 Å². The van der Waals surface area contributed by atoms with Gasteiger partial charge in [-0.15, -0.1) is 0 Å². The Kier molecular flexibility index (Phi) is 5.16. The molecule has 1 amide bonds. The molecule has 1 aliphatic rings. The minimum absolute atomic E-state index is 0.150. The van der Waals surface area contributed by atoms with Gasteiger partial charge >= 0.3 is 5.97 Å². The third-order valence-electron chi connectivity index (χ3n) is 3.46. The predicted molar refractivity (Wildman–Crippen MR) is 78.3 cm³/mol. The van der Waals surface area contributed by atoms with Crippen molar-refractivity contribution in [1.82, 2.24) is 0 Å². The summed E-state index contributed by atoms with van der Waals surface area (Å²) in [5.74, 6) is -1.02. The van der Waals surface area contributed by atoms with E-state index in [0.29, 0.717) is 31.0 Å². The van der Waals surface area contributed by atoms with Gasteiger partial charge in [0.15, 0.2) is 0 Å². The number of nitrogens with two attached hydrogens (primary N) is 1. The summed E-state index contributed by atoms with van der Waals surface area (Å²) in [6.07, 6.45) is 2.10. The standard InChI is InChI=1S/C15H20N2O4/c16-5-1-2-6-21-12-4-3-10-7-11(8-14(18)19)15(20)17-13(10)9-12/h3-4,9,11H,1-2,5-8,16H2,(H,17,20)(H,18,19). The van der Waals surface area contributed by atoms with E-state index in [1.54, 1.807) is 6.07 Å². The lowest BCUT2D eigenvalue weighted by molar-refractivity contribution is -0.140. The second-order valence-electron chi connectivity index (χ2n) is 5.15.